The highest BCUT2D eigenvalue weighted by Gasteiger charge is 2.19. The minimum Gasteiger partial charge on any atom is -0.385 e. The highest BCUT2D eigenvalue weighted by molar-refractivity contribution is 5.26. The fourth-order valence-electron chi connectivity index (χ4n) is 1.80. The lowest BCUT2D eigenvalue weighted by atomic mass is 9.85. The predicted molar refractivity (Wildman–Crippen MR) is 57.7 cm³/mol. The molecule has 1 aliphatic carbocycles. The average molecular weight is 209 g/mol. The summed E-state index contributed by atoms with van der Waals surface area (Å²) in [4.78, 5) is 23.0. The van der Waals surface area contributed by atoms with Gasteiger partial charge in [0.05, 0.1) is 0 Å². The molecule has 0 aliphatic heterocycles. The molecule has 0 bridgehead atoms. The Morgan fingerprint density at radius 1 is 1.47 bits per heavy atom. The third kappa shape index (κ3) is 1.69. The van der Waals surface area contributed by atoms with Gasteiger partial charge >= 0.3 is 5.69 Å². The van der Waals surface area contributed by atoms with E-state index in [9.17, 15) is 9.59 Å². The molecular weight excluding hydrogens is 194 g/mol. The topological polar surface area (TPSA) is 70.0 Å². The van der Waals surface area contributed by atoms with Gasteiger partial charge in [-0.05, 0) is 18.8 Å². The Hall–Kier alpha value is -1.52. The first-order valence-corrected chi connectivity index (χ1v) is 5.16. The van der Waals surface area contributed by atoms with E-state index in [-0.39, 0.29) is 17.1 Å². The molecule has 82 valence electrons. The van der Waals surface area contributed by atoms with Gasteiger partial charge in [-0.1, -0.05) is 6.42 Å². The standard InChI is InChI=1S/C10H15N3O2/c1-12-9(14)5-8(11)13(10(12)15)6-7-3-2-4-7/h5,7H,2-4,6,11H2,1H3. The molecule has 0 spiro atoms. The van der Waals surface area contributed by atoms with Crippen molar-refractivity contribution in [2.75, 3.05) is 5.73 Å². The van der Waals surface area contributed by atoms with E-state index >= 15 is 0 Å². The van der Waals surface area contributed by atoms with Crippen molar-refractivity contribution in [2.24, 2.45) is 13.0 Å². The van der Waals surface area contributed by atoms with Crippen LogP contribution in [0.15, 0.2) is 15.7 Å². The van der Waals surface area contributed by atoms with E-state index in [0.29, 0.717) is 12.5 Å². The van der Waals surface area contributed by atoms with Gasteiger partial charge in [-0.25, -0.2) is 4.79 Å². The first kappa shape index (κ1) is 10.0. The molecule has 2 N–H and O–H groups in total. The minimum absolute atomic E-state index is 0.273. The second kappa shape index (κ2) is 3.56. The number of nitrogen functional groups attached to an aromatic ring is 1. The number of nitrogens with two attached hydrogens (primary N) is 1. The molecule has 5 nitrogen and oxygen atoms in total. The van der Waals surface area contributed by atoms with Crippen LogP contribution in [0.5, 0.6) is 0 Å². The molecule has 15 heavy (non-hydrogen) atoms. The Balaban J connectivity index is 2.41. The molecule has 1 aliphatic rings. The molecular formula is C10H15N3O2. The second-order valence-electron chi connectivity index (χ2n) is 4.16. The first-order valence-electron chi connectivity index (χ1n) is 5.16. The Kier molecular flexibility index (Phi) is 2.38. The van der Waals surface area contributed by atoms with Crippen LogP contribution in [0, 0.1) is 5.92 Å². The Morgan fingerprint density at radius 3 is 2.67 bits per heavy atom. The smallest absolute Gasteiger partial charge is 0.332 e. The fraction of sp³-hybridized carbons (Fsp3) is 0.600. The molecule has 1 fully saturated rings. The molecule has 0 atom stereocenters. The van der Waals surface area contributed by atoms with Crippen LogP contribution in [0.3, 0.4) is 0 Å². The van der Waals surface area contributed by atoms with E-state index in [0.717, 1.165) is 17.4 Å². The fourth-order valence-corrected chi connectivity index (χ4v) is 1.80. The highest BCUT2D eigenvalue weighted by atomic mass is 16.2. The van der Waals surface area contributed by atoms with Gasteiger partial charge < -0.3 is 5.73 Å². The van der Waals surface area contributed by atoms with E-state index < -0.39 is 0 Å². The molecule has 0 amide bonds. The largest absolute Gasteiger partial charge is 0.385 e. The molecule has 2 rings (SSSR count). The first-order chi connectivity index (χ1) is 7.09. The molecule has 1 heterocycles. The van der Waals surface area contributed by atoms with Crippen LogP contribution >= 0.6 is 0 Å². The van der Waals surface area contributed by atoms with Crippen LogP contribution in [0.25, 0.3) is 0 Å². The average Bonchev–Trinajstić information content (AvgIpc) is 2.11. The van der Waals surface area contributed by atoms with Crippen LogP contribution in [-0.4, -0.2) is 9.13 Å². The van der Waals surface area contributed by atoms with Gasteiger partial charge in [0.1, 0.15) is 5.82 Å². The molecule has 0 unspecified atom stereocenters. The molecule has 1 aromatic rings. The summed E-state index contributed by atoms with van der Waals surface area (Å²) in [5, 5.41) is 0. The lowest BCUT2D eigenvalue weighted by molar-refractivity contribution is 0.272. The monoisotopic (exact) mass is 209 g/mol. The quantitative estimate of drug-likeness (QED) is 0.741. The summed E-state index contributed by atoms with van der Waals surface area (Å²) in [6, 6.07) is 1.31. The van der Waals surface area contributed by atoms with E-state index in [1.165, 1.54) is 24.1 Å². The van der Waals surface area contributed by atoms with Gasteiger partial charge in [-0.15, -0.1) is 0 Å². The molecule has 1 aromatic heterocycles. The van der Waals surface area contributed by atoms with E-state index in [1.807, 2.05) is 0 Å². The van der Waals surface area contributed by atoms with Crippen molar-refractivity contribution in [3.05, 3.63) is 26.9 Å². The van der Waals surface area contributed by atoms with Gasteiger partial charge in [-0.3, -0.25) is 13.9 Å². The Morgan fingerprint density at radius 2 is 2.13 bits per heavy atom. The molecule has 0 radical (unpaired) electrons. The van der Waals surface area contributed by atoms with Gasteiger partial charge in [0.15, 0.2) is 0 Å². The van der Waals surface area contributed by atoms with Crippen molar-refractivity contribution in [3.8, 4) is 0 Å². The number of aromatic nitrogens is 2. The van der Waals surface area contributed by atoms with E-state index in [4.69, 9.17) is 5.73 Å². The summed E-state index contributed by atoms with van der Waals surface area (Å²) in [6.07, 6.45) is 3.52. The van der Waals surface area contributed by atoms with E-state index in [1.54, 1.807) is 0 Å². The second-order valence-corrected chi connectivity index (χ2v) is 4.16. The number of anilines is 1. The molecule has 0 aromatic carbocycles. The Labute approximate surface area is 87.1 Å². The lowest BCUT2D eigenvalue weighted by Gasteiger charge is -2.26. The summed E-state index contributed by atoms with van der Waals surface area (Å²) in [5.41, 5.74) is 5.01. The maximum absolute atomic E-state index is 11.7. The summed E-state index contributed by atoms with van der Waals surface area (Å²) in [5.74, 6) is 0.817. The zero-order valence-corrected chi connectivity index (χ0v) is 8.77. The summed E-state index contributed by atoms with van der Waals surface area (Å²) in [7, 11) is 1.47. The lowest BCUT2D eigenvalue weighted by Crippen LogP contribution is -2.40. The minimum atomic E-state index is -0.345. The summed E-state index contributed by atoms with van der Waals surface area (Å²) >= 11 is 0. The van der Waals surface area contributed by atoms with Crippen molar-refractivity contribution in [1.82, 2.24) is 9.13 Å². The zero-order valence-electron chi connectivity index (χ0n) is 8.77. The van der Waals surface area contributed by atoms with Crippen LogP contribution in [0.1, 0.15) is 19.3 Å². The third-order valence-corrected chi connectivity index (χ3v) is 3.10. The van der Waals surface area contributed by atoms with Crippen LogP contribution in [0.4, 0.5) is 5.82 Å². The molecule has 5 heteroatoms. The van der Waals surface area contributed by atoms with E-state index in [2.05, 4.69) is 0 Å². The van der Waals surface area contributed by atoms with Crippen molar-refractivity contribution in [3.63, 3.8) is 0 Å². The van der Waals surface area contributed by atoms with Gasteiger partial charge in [0.25, 0.3) is 5.56 Å². The van der Waals surface area contributed by atoms with Gasteiger partial charge in [0.2, 0.25) is 0 Å². The third-order valence-electron chi connectivity index (χ3n) is 3.10. The maximum atomic E-state index is 11.7. The SMILES string of the molecule is Cn1c(=O)cc(N)n(CC2CCC2)c1=O. The van der Waals surface area contributed by atoms with Crippen LogP contribution in [-0.2, 0) is 13.6 Å². The summed E-state index contributed by atoms with van der Waals surface area (Å²) < 4.78 is 2.58. The highest BCUT2D eigenvalue weighted by Crippen LogP contribution is 2.27. The predicted octanol–water partition coefficient (Wildman–Crippen LogP) is -0.0707. The van der Waals surface area contributed by atoms with Gasteiger partial charge in [0, 0.05) is 19.7 Å². The zero-order chi connectivity index (χ0) is 11.0. The summed E-state index contributed by atoms with van der Waals surface area (Å²) in [6.45, 7) is 0.638. The van der Waals surface area contributed by atoms with Gasteiger partial charge in [-0.2, -0.15) is 0 Å². The van der Waals surface area contributed by atoms with Crippen molar-refractivity contribution < 1.29 is 0 Å². The number of hydrogen-bond donors (Lipinski definition) is 1. The molecule has 0 saturated heterocycles. The number of rotatable bonds is 2. The van der Waals surface area contributed by atoms with Crippen molar-refractivity contribution in [2.45, 2.75) is 25.8 Å². The normalized spacial score (nSPS) is 16.3. The van der Waals surface area contributed by atoms with Crippen LogP contribution in [0.2, 0.25) is 0 Å². The van der Waals surface area contributed by atoms with Crippen LogP contribution < -0.4 is 17.0 Å². The maximum Gasteiger partial charge on any atom is 0.332 e. The van der Waals surface area contributed by atoms with Crippen molar-refractivity contribution in [1.29, 1.82) is 0 Å². The number of hydrogen-bond acceptors (Lipinski definition) is 3. The molecule has 1 saturated carbocycles. The Bertz CT molecular complexity index is 482. The number of nitrogens with zero attached hydrogens (tertiary/aromatic N) is 2. The van der Waals surface area contributed by atoms with Crippen molar-refractivity contribution >= 4 is 5.82 Å².